The molecule has 2 aliphatic rings. The monoisotopic (exact) mass is 364 g/mol. The zero-order valence-corrected chi connectivity index (χ0v) is 15.1. The molecule has 25 heavy (non-hydrogen) atoms. The Bertz CT molecular complexity index is 599. The molecule has 0 unspecified atom stereocenters. The zero-order valence-electron chi connectivity index (χ0n) is 14.4. The SMILES string of the molecule is O=C(NCCOCc1ccc(Cl)cc1)[C@@H]1CC(=O)N(C2CCCC2)C1. The van der Waals surface area contributed by atoms with E-state index in [1.807, 2.05) is 29.2 Å². The molecule has 1 aromatic rings. The zero-order chi connectivity index (χ0) is 17.6. The summed E-state index contributed by atoms with van der Waals surface area (Å²) in [4.78, 5) is 26.3. The van der Waals surface area contributed by atoms with Crippen LogP contribution in [0.25, 0.3) is 0 Å². The highest BCUT2D eigenvalue weighted by molar-refractivity contribution is 6.30. The van der Waals surface area contributed by atoms with Crippen LogP contribution in [0.5, 0.6) is 0 Å². The molecule has 2 fully saturated rings. The molecule has 1 heterocycles. The number of carbonyl (C=O) groups is 2. The molecule has 5 nitrogen and oxygen atoms in total. The predicted octanol–water partition coefficient (Wildman–Crippen LogP) is 2.76. The minimum atomic E-state index is -0.218. The number of hydrogen-bond acceptors (Lipinski definition) is 3. The van der Waals surface area contributed by atoms with E-state index in [0.29, 0.717) is 43.8 Å². The van der Waals surface area contributed by atoms with Gasteiger partial charge in [0.2, 0.25) is 11.8 Å². The van der Waals surface area contributed by atoms with Gasteiger partial charge in [0.1, 0.15) is 0 Å². The smallest absolute Gasteiger partial charge is 0.225 e. The van der Waals surface area contributed by atoms with Crippen LogP contribution in [0.3, 0.4) is 0 Å². The maximum Gasteiger partial charge on any atom is 0.225 e. The summed E-state index contributed by atoms with van der Waals surface area (Å²) < 4.78 is 5.56. The summed E-state index contributed by atoms with van der Waals surface area (Å²) in [6, 6.07) is 7.85. The number of rotatable bonds is 7. The summed E-state index contributed by atoms with van der Waals surface area (Å²) in [5, 5.41) is 3.59. The Morgan fingerprint density at radius 3 is 2.68 bits per heavy atom. The maximum absolute atomic E-state index is 12.3. The normalized spacial score (nSPS) is 21.1. The van der Waals surface area contributed by atoms with E-state index in [1.165, 1.54) is 12.8 Å². The van der Waals surface area contributed by atoms with Crippen LogP contribution in [-0.2, 0) is 20.9 Å². The Hall–Kier alpha value is -1.59. The molecule has 0 spiro atoms. The number of hydrogen-bond donors (Lipinski definition) is 1. The van der Waals surface area contributed by atoms with Crippen LogP contribution in [-0.4, -0.2) is 42.5 Å². The quantitative estimate of drug-likeness (QED) is 0.757. The molecule has 0 radical (unpaired) electrons. The summed E-state index contributed by atoms with van der Waals surface area (Å²) >= 11 is 5.84. The van der Waals surface area contributed by atoms with Gasteiger partial charge in [-0.1, -0.05) is 36.6 Å². The van der Waals surface area contributed by atoms with Crippen molar-refractivity contribution in [1.29, 1.82) is 0 Å². The average Bonchev–Trinajstić information content (AvgIpc) is 3.25. The molecule has 1 saturated heterocycles. The van der Waals surface area contributed by atoms with E-state index in [2.05, 4.69) is 5.32 Å². The van der Waals surface area contributed by atoms with Crippen LogP contribution >= 0.6 is 11.6 Å². The van der Waals surface area contributed by atoms with E-state index >= 15 is 0 Å². The molecule has 1 N–H and O–H groups in total. The van der Waals surface area contributed by atoms with Gasteiger partial charge in [-0.3, -0.25) is 9.59 Å². The van der Waals surface area contributed by atoms with E-state index in [-0.39, 0.29) is 17.7 Å². The molecule has 1 aromatic carbocycles. The molecule has 6 heteroatoms. The van der Waals surface area contributed by atoms with Gasteiger partial charge in [0.05, 0.1) is 19.1 Å². The Morgan fingerprint density at radius 1 is 1.24 bits per heavy atom. The third-order valence-corrected chi connectivity index (χ3v) is 5.27. The standard InChI is InChI=1S/C19H25ClN2O3/c20-16-7-5-14(6-8-16)13-25-10-9-21-19(24)15-11-18(23)22(12-15)17-3-1-2-4-17/h5-8,15,17H,1-4,9-13H2,(H,21,24)/t15-/m1/s1. The van der Waals surface area contributed by atoms with Gasteiger partial charge in [-0.05, 0) is 30.5 Å². The highest BCUT2D eigenvalue weighted by Gasteiger charge is 2.38. The minimum Gasteiger partial charge on any atom is -0.375 e. The fraction of sp³-hybridized carbons (Fsp3) is 0.579. The summed E-state index contributed by atoms with van der Waals surface area (Å²) in [5.41, 5.74) is 1.05. The van der Waals surface area contributed by atoms with Gasteiger partial charge in [0, 0.05) is 30.6 Å². The van der Waals surface area contributed by atoms with Crippen molar-refractivity contribution in [2.45, 2.75) is 44.8 Å². The number of nitrogens with one attached hydrogen (secondary N) is 1. The number of benzene rings is 1. The van der Waals surface area contributed by atoms with E-state index < -0.39 is 0 Å². The first-order valence-electron chi connectivity index (χ1n) is 9.03. The van der Waals surface area contributed by atoms with Crippen molar-refractivity contribution in [2.75, 3.05) is 19.7 Å². The lowest BCUT2D eigenvalue weighted by molar-refractivity contribution is -0.130. The Kier molecular flexibility index (Phi) is 6.32. The van der Waals surface area contributed by atoms with Crippen molar-refractivity contribution in [3.63, 3.8) is 0 Å². The molecule has 0 aromatic heterocycles. The molecule has 3 rings (SSSR count). The molecule has 136 valence electrons. The molecule has 1 aliphatic carbocycles. The second kappa shape index (κ2) is 8.68. The number of halogens is 1. The van der Waals surface area contributed by atoms with E-state index in [4.69, 9.17) is 16.3 Å². The molecular formula is C19H25ClN2O3. The lowest BCUT2D eigenvalue weighted by atomic mass is 10.1. The van der Waals surface area contributed by atoms with Gasteiger partial charge in [-0.25, -0.2) is 0 Å². The number of nitrogens with zero attached hydrogens (tertiary/aromatic N) is 1. The predicted molar refractivity (Wildman–Crippen MR) is 96.2 cm³/mol. The van der Waals surface area contributed by atoms with Gasteiger partial charge in [-0.2, -0.15) is 0 Å². The van der Waals surface area contributed by atoms with Gasteiger partial charge < -0.3 is 15.0 Å². The highest BCUT2D eigenvalue weighted by atomic mass is 35.5. The van der Waals surface area contributed by atoms with Crippen molar-refractivity contribution >= 4 is 23.4 Å². The van der Waals surface area contributed by atoms with Crippen LogP contribution in [0.2, 0.25) is 5.02 Å². The Morgan fingerprint density at radius 2 is 1.96 bits per heavy atom. The average molecular weight is 365 g/mol. The molecule has 0 bridgehead atoms. The summed E-state index contributed by atoms with van der Waals surface area (Å²) in [7, 11) is 0. The minimum absolute atomic E-state index is 0.0380. The van der Waals surface area contributed by atoms with Crippen molar-refractivity contribution in [1.82, 2.24) is 10.2 Å². The number of ether oxygens (including phenoxy) is 1. The maximum atomic E-state index is 12.3. The fourth-order valence-corrected chi connectivity index (χ4v) is 3.76. The molecular weight excluding hydrogens is 340 g/mol. The second-order valence-corrected chi connectivity index (χ2v) is 7.29. The van der Waals surface area contributed by atoms with Crippen LogP contribution in [0, 0.1) is 5.92 Å². The van der Waals surface area contributed by atoms with E-state index in [0.717, 1.165) is 18.4 Å². The van der Waals surface area contributed by atoms with Gasteiger partial charge in [0.25, 0.3) is 0 Å². The topological polar surface area (TPSA) is 58.6 Å². The number of amides is 2. The summed E-state index contributed by atoms with van der Waals surface area (Å²) in [5.74, 6) is -0.126. The van der Waals surface area contributed by atoms with Crippen molar-refractivity contribution in [3.8, 4) is 0 Å². The molecule has 2 amide bonds. The van der Waals surface area contributed by atoms with Crippen molar-refractivity contribution in [2.24, 2.45) is 5.92 Å². The first-order valence-corrected chi connectivity index (χ1v) is 9.40. The largest absolute Gasteiger partial charge is 0.375 e. The number of carbonyl (C=O) groups excluding carboxylic acids is 2. The van der Waals surface area contributed by atoms with Gasteiger partial charge >= 0.3 is 0 Å². The summed E-state index contributed by atoms with van der Waals surface area (Å²) in [6.07, 6.45) is 4.89. The molecule has 1 atom stereocenters. The lowest BCUT2D eigenvalue weighted by Crippen LogP contribution is -2.37. The number of likely N-dealkylation sites (tertiary alicyclic amines) is 1. The Labute approximate surface area is 153 Å². The summed E-state index contributed by atoms with van der Waals surface area (Å²) in [6.45, 7) is 1.97. The Balaban J connectivity index is 1.34. The lowest BCUT2D eigenvalue weighted by Gasteiger charge is -2.23. The van der Waals surface area contributed by atoms with Crippen molar-refractivity contribution in [3.05, 3.63) is 34.9 Å². The highest BCUT2D eigenvalue weighted by Crippen LogP contribution is 2.29. The second-order valence-electron chi connectivity index (χ2n) is 6.86. The fourth-order valence-electron chi connectivity index (χ4n) is 3.64. The van der Waals surface area contributed by atoms with Crippen LogP contribution in [0.15, 0.2) is 24.3 Å². The molecule has 1 aliphatic heterocycles. The van der Waals surface area contributed by atoms with Crippen molar-refractivity contribution < 1.29 is 14.3 Å². The third-order valence-electron chi connectivity index (χ3n) is 5.02. The van der Waals surface area contributed by atoms with Crippen LogP contribution in [0.4, 0.5) is 0 Å². The van der Waals surface area contributed by atoms with E-state index in [1.54, 1.807) is 0 Å². The van der Waals surface area contributed by atoms with Gasteiger partial charge in [0.15, 0.2) is 0 Å². The first kappa shape index (κ1) is 18.2. The first-order chi connectivity index (χ1) is 12.1. The van der Waals surface area contributed by atoms with Crippen LogP contribution < -0.4 is 5.32 Å². The van der Waals surface area contributed by atoms with Gasteiger partial charge in [-0.15, -0.1) is 0 Å². The molecule has 1 saturated carbocycles. The van der Waals surface area contributed by atoms with E-state index in [9.17, 15) is 9.59 Å². The van der Waals surface area contributed by atoms with Crippen LogP contribution in [0.1, 0.15) is 37.7 Å². The third kappa shape index (κ3) is 4.95.